The highest BCUT2D eigenvalue weighted by Crippen LogP contribution is 2.14. The summed E-state index contributed by atoms with van der Waals surface area (Å²) in [7, 11) is 4.44. The number of hydrogen-bond acceptors (Lipinski definition) is 3. The Hall–Kier alpha value is -0.120. The molecule has 1 rings (SSSR count). The van der Waals surface area contributed by atoms with E-state index in [1.165, 1.54) is 52.0 Å². The van der Waals surface area contributed by atoms with Crippen LogP contribution < -0.4 is 5.32 Å². The molecule has 1 atom stereocenters. The van der Waals surface area contributed by atoms with Gasteiger partial charge in [0.15, 0.2) is 0 Å². The third kappa shape index (κ3) is 6.39. The average molecular weight is 241 g/mol. The minimum absolute atomic E-state index is 0.762. The summed E-state index contributed by atoms with van der Waals surface area (Å²) in [5.41, 5.74) is 0. The van der Waals surface area contributed by atoms with Gasteiger partial charge in [-0.1, -0.05) is 13.8 Å². The topological polar surface area (TPSA) is 18.5 Å². The SMILES string of the molecule is CC(C)CC(CCCN1CCNCC1)N(C)C. The number of nitrogens with zero attached hydrogens (tertiary/aromatic N) is 2. The summed E-state index contributed by atoms with van der Waals surface area (Å²) in [6, 6.07) is 0.762. The molecule has 0 saturated carbocycles. The Labute approximate surface area is 108 Å². The predicted molar refractivity (Wildman–Crippen MR) is 75.5 cm³/mol. The van der Waals surface area contributed by atoms with Gasteiger partial charge in [0.1, 0.15) is 0 Å². The molecule has 17 heavy (non-hydrogen) atoms. The van der Waals surface area contributed by atoms with Gasteiger partial charge in [0, 0.05) is 32.2 Å². The Kier molecular flexibility index (Phi) is 7.09. The van der Waals surface area contributed by atoms with Crippen LogP contribution in [0.4, 0.5) is 0 Å². The van der Waals surface area contributed by atoms with E-state index >= 15 is 0 Å². The lowest BCUT2D eigenvalue weighted by molar-refractivity contribution is 0.204. The van der Waals surface area contributed by atoms with E-state index in [-0.39, 0.29) is 0 Å². The van der Waals surface area contributed by atoms with Crippen molar-refractivity contribution in [2.75, 3.05) is 46.8 Å². The van der Waals surface area contributed by atoms with Gasteiger partial charge in [-0.25, -0.2) is 0 Å². The quantitative estimate of drug-likeness (QED) is 0.731. The maximum absolute atomic E-state index is 3.41. The summed E-state index contributed by atoms with van der Waals surface area (Å²) in [4.78, 5) is 5.00. The molecule has 1 aliphatic heterocycles. The zero-order chi connectivity index (χ0) is 12.7. The molecule has 0 bridgehead atoms. The van der Waals surface area contributed by atoms with Gasteiger partial charge in [-0.15, -0.1) is 0 Å². The van der Waals surface area contributed by atoms with Gasteiger partial charge in [0.05, 0.1) is 0 Å². The minimum atomic E-state index is 0.762. The lowest BCUT2D eigenvalue weighted by atomic mass is 9.99. The van der Waals surface area contributed by atoms with Crippen molar-refractivity contribution < 1.29 is 0 Å². The Balaban J connectivity index is 2.17. The van der Waals surface area contributed by atoms with E-state index in [2.05, 4.69) is 43.1 Å². The van der Waals surface area contributed by atoms with E-state index in [0.717, 1.165) is 12.0 Å². The molecule has 1 heterocycles. The van der Waals surface area contributed by atoms with Crippen molar-refractivity contribution in [1.82, 2.24) is 15.1 Å². The molecule has 0 spiro atoms. The molecule has 0 radical (unpaired) electrons. The zero-order valence-corrected chi connectivity index (χ0v) is 12.2. The van der Waals surface area contributed by atoms with E-state index < -0.39 is 0 Å². The fourth-order valence-corrected chi connectivity index (χ4v) is 2.62. The van der Waals surface area contributed by atoms with Crippen molar-refractivity contribution in [2.24, 2.45) is 5.92 Å². The lowest BCUT2D eigenvalue weighted by Crippen LogP contribution is -2.44. The standard InChI is InChI=1S/C14H31N3/c1-13(2)12-14(16(3)4)6-5-9-17-10-7-15-8-11-17/h13-15H,5-12H2,1-4H3. The highest BCUT2D eigenvalue weighted by atomic mass is 15.2. The second-order valence-corrected chi connectivity index (χ2v) is 5.98. The van der Waals surface area contributed by atoms with Crippen molar-refractivity contribution >= 4 is 0 Å². The fraction of sp³-hybridized carbons (Fsp3) is 1.00. The van der Waals surface area contributed by atoms with Gasteiger partial charge in [-0.2, -0.15) is 0 Å². The van der Waals surface area contributed by atoms with Crippen LogP contribution in [0.2, 0.25) is 0 Å². The molecule has 0 aromatic rings. The summed E-state index contributed by atoms with van der Waals surface area (Å²) in [6.07, 6.45) is 4.01. The van der Waals surface area contributed by atoms with Crippen molar-refractivity contribution in [2.45, 2.75) is 39.2 Å². The molecule has 0 aromatic heterocycles. The molecule has 0 amide bonds. The highest BCUT2D eigenvalue weighted by Gasteiger charge is 2.14. The number of hydrogen-bond donors (Lipinski definition) is 1. The van der Waals surface area contributed by atoms with Crippen LogP contribution in [0, 0.1) is 5.92 Å². The van der Waals surface area contributed by atoms with Crippen LogP contribution >= 0.6 is 0 Å². The van der Waals surface area contributed by atoms with Crippen LogP contribution in [0.3, 0.4) is 0 Å². The predicted octanol–water partition coefficient (Wildman–Crippen LogP) is 1.65. The molecule has 3 nitrogen and oxygen atoms in total. The summed E-state index contributed by atoms with van der Waals surface area (Å²) in [5.74, 6) is 0.807. The molecule has 1 unspecified atom stereocenters. The van der Waals surface area contributed by atoms with Gasteiger partial charge >= 0.3 is 0 Å². The fourth-order valence-electron chi connectivity index (χ4n) is 2.62. The van der Waals surface area contributed by atoms with Crippen LogP contribution in [-0.4, -0.2) is 62.7 Å². The second-order valence-electron chi connectivity index (χ2n) is 5.98. The smallest absolute Gasteiger partial charge is 0.0107 e. The molecule has 1 N–H and O–H groups in total. The first-order chi connectivity index (χ1) is 8.09. The zero-order valence-electron chi connectivity index (χ0n) is 12.2. The maximum atomic E-state index is 3.41. The summed E-state index contributed by atoms with van der Waals surface area (Å²) >= 11 is 0. The molecule has 0 aromatic carbocycles. The Morgan fingerprint density at radius 3 is 2.35 bits per heavy atom. The van der Waals surface area contributed by atoms with Crippen LogP contribution in [0.5, 0.6) is 0 Å². The van der Waals surface area contributed by atoms with Crippen molar-refractivity contribution in [3.8, 4) is 0 Å². The second kappa shape index (κ2) is 8.06. The molecule has 102 valence electrons. The summed E-state index contributed by atoms with van der Waals surface area (Å²) < 4.78 is 0. The van der Waals surface area contributed by atoms with Crippen LogP contribution in [0.1, 0.15) is 33.1 Å². The molecule has 0 aliphatic carbocycles. The maximum Gasteiger partial charge on any atom is 0.0107 e. The first-order valence-corrected chi connectivity index (χ1v) is 7.19. The monoisotopic (exact) mass is 241 g/mol. The Morgan fingerprint density at radius 2 is 1.82 bits per heavy atom. The number of nitrogens with one attached hydrogen (secondary N) is 1. The van der Waals surface area contributed by atoms with E-state index in [1.54, 1.807) is 0 Å². The molecular weight excluding hydrogens is 210 g/mol. The molecule has 1 aliphatic rings. The molecular formula is C14H31N3. The largest absolute Gasteiger partial charge is 0.314 e. The number of piperazine rings is 1. The molecule has 1 fully saturated rings. The van der Waals surface area contributed by atoms with Crippen molar-refractivity contribution in [1.29, 1.82) is 0 Å². The minimum Gasteiger partial charge on any atom is -0.314 e. The Bertz CT molecular complexity index is 186. The molecule has 3 heteroatoms. The van der Waals surface area contributed by atoms with Gasteiger partial charge in [-0.3, -0.25) is 0 Å². The first-order valence-electron chi connectivity index (χ1n) is 7.19. The summed E-state index contributed by atoms with van der Waals surface area (Å²) in [5, 5.41) is 3.41. The van der Waals surface area contributed by atoms with Crippen molar-refractivity contribution in [3.63, 3.8) is 0 Å². The molecule has 1 saturated heterocycles. The van der Waals surface area contributed by atoms with Crippen molar-refractivity contribution in [3.05, 3.63) is 0 Å². The number of rotatable bonds is 7. The van der Waals surface area contributed by atoms with E-state index in [0.29, 0.717) is 0 Å². The Morgan fingerprint density at radius 1 is 1.18 bits per heavy atom. The van der Waals surface area contributed by atoms with Gasteiger partial charge in [0.25, 0.3) is 0 Å². The van der Waals surface area contributed by atoms with Gasteiger partial charge in [-0.05, 0) is 45.8 Å². The average Bonchev–Trinajstić information content (AvgIpc) is 2.28. The van der Waals surface area contributed by atoms with Gasteiger partial charge < -0.3 is 15.1 Å². The lowest BCUT2D eigenvalue weighted by Gasteiger charge is -2.29. The summed E-state index contributed by atoms with van der Waals surface area (Å²) in [6.45, 7) is 10.7. The van der Waals surface area contributed by atoms with Crippen LogP contribution in [0.15, 0.2) is 0 Å². The van der Waals surface area contributed by atoms with E-state index in [9.17, 15) is 0 Å². The van der Waals surface area contributed by atoms with Crippen LogP contribution in [0.25, 0.3) is 0 Å². The van der Waals surface area contributed by atoms with E-state index in [1.807, 2.05) is 0 Å². The first kappa shape index (κ1) is 14.9. The normalized spacial score (nSPS) is 20.1. The third-order valence-corrected chi connectivity index (χ3v) is 3.70. The third-order valence-electron chi connectivity index (χ3n) is 3.70. The van der Waals surface area contributed by atoms with Crippen LogP contribution in [-0.2, 0) is 0 Å². The van der Waals surface area contributed by atoms with E-state index in [4.69, 9.17) is 0 Å². The van der Waals surface area contributed by atoms with Gasteiger partial charge in [0.2, 0.25) is 0 Å². The highest BCUT2D eigenvalue weighted by molar-refractivity contribution is 4.71.